The summed E-state index contributed by atoms with van der Waals surface area (Å²) in [5.74, 6) is 5.37. The van der Waals surface area contributed by atoms with Crippen molar-refractivity contribution in [3.63, 3.8) is 0 Å². The number of nitrogens with zero attached hydrogens (tertiary/aromatic N) is 1. The van der Waals surface area contributed by atoms with Gasteiger partial charge >= 0.3 is 0 Å². The summed E-state index contributed by atoms with van der Waals surface area (Å²) in [5.41, 5.74) is 0.608. The molecule has 0 aliphatic heterocycles. The lowest BCUT2D eigenvalue weighted by Gasteiger charge is -1.89. The fourth-order valence-corrected chi connectivity index (χ4v) is 0.691. The summed E-state index contributed by atoms with van der Waals surface area (Å²) < 4.78 is 0. The van der Waals surface area contributed by atoms with E-state index in [1.165, 1.54) is 18.5 Å². The third-order valence-corrected chi connectivity index (χ3v) is 1.14. The highest BCUT2D eigenvalue weighted by atomic mass is 16.3. The minimum Gasteiger partial charge on any atom is -0.506 e. The quantitative estimate of drug-likeness (QED) is 0.488. The molecule has 0 saturated carbocycles. The summed E-state index contributed by atoms with van der Waals surface area (Å²) in [5, 5.41) is 8.97. The zero-order chi connectivity index (χ0) is 8.81. The van der Waals surface area contributed by atoms with Crippen molar-refractivity contribution in [3.05, 3.63) is 24.0 Å². The lowest BCUT2D eigenvalue weighted by molar-refractivity contribution is -0.107. The second-order valence-corrected chi connectivity index (χ2v) is 2.10. The Kier molecular flexibility index (Phi) is 2.86. The van der Waals surface area contributed by atoms with Crippen LogP contribution in [0.5, 0.6) is 5.75 Å². The van der Waals surface area contributed by atoms with Gasteiger partial charge in [0.05, 0.1) is 12.6 Å². The van der Waals surface area contributed by atoms with Crippen LogP contribution in [-0.4, -0.2) is 16.4 Å². The number of aromatic nitrogens is 1. The van der Waals surface area contributed by atoms with Crippen LogP contribution in [0.25, 0.3) is 0 Å². The Morgan fingerprint density at radius 2 is 2.42 bits per heavy atom. The van der Waals surface area contributed by atoms with Crippen molar-refractivity contribution in [2.24, 2.45) is 0 Å². The first-order chi connectivity index (χ1) is 5.83. The molecule has 0 aromatic carbocycles. The number of hydrogen-bond donors (Lipinski definition) is 1. The predicted octanol–water partition coefficient (Wildman–Crippen LogP) is 0.728. The second-order valence-electron chi connectivity index (χ2n) is 2.10. The molecule has 0 amide bonds. The number of aromatic hydroxyl groups is 1. The maximum absolute atomic E-state index is 9.89. The van der Waals surface area contributed by atoms with E-state index >= 15 is 0 Å². The lowest BCUT2D eigenvalue weighted by atomic mass is 10.3. The summed E-state index contributed by atoms with van der Waals surface area (Å²) >= 11 is 0. The standard InChI is InChI=1S/C9H7NO2/c11-4-2-1-3-8-5-9(12)7-10-6-8/h4-7,12H,2H2. The van der Waals surface area contributed by atoms with Gasteiger partial charge in [-0.15, -0.1) is 0 Å². The molecule has 12 heavy (non-hydrogen) atoms. The Labute approximate surface area is 70.1 Å². The molecule has 3 heteroatoms. The van der Waals surface area contributed by atoms with Gasteiger partial charge in [0.1, 0.15) is 12.0 Å². The van der Waals surface area contributed by atoms with Crippen molar-refractivity contribution >= 4 is 6.29 Å². The minimum absolute atomic E-state index is 0.0768. The molecule has 0 aliphatic rings. The minimum atomic E-state index is 0.0768. The van der Waals surface area contributed by atoms with Gasteiger partial charge in [-0.25, -0.2) is 0 Å². The lowest BCUT2D eigenvalue weighted by Crippen LogP contribution is -1.77. The largest absolute Gasteiger partial charge is 0.506 e. The maximum atomic E-state index is 9.89. The zero-order valence-electron chi connectivity index (χ0n) is 6.32. The smallest absolute Gasteiger partial charge is 0.135 e. The van der Waals surface area contributed by atoms with Gasteiger partial charge in [0.2, 0.25) is 0 Å². The molecule has 1 aromatic heterocycles. The number of carbonyl (C=O) groups excluding carboxylic acids is 1. The fraction of sp³-hybridized carbons (Fsp3) is 0.111. The third-order valence-electron chi connectivity index (χ3n) is 1.14. The molecule has 0 unspecified atom stereocenters. The van der Waals surface area contributed by atoms with E-state index in [0.717, 1.165) is 6.29 Å². The van der Waals surface area contributed by atoms with Crippen molar-refractivity contribution in [1.29, 1.82) is 0 Å². The van der Waals surface area contributed by atoms with Gasteiger partial charge in [-0.2, -0.15) is 0 Å². The zero-order valence-corrected chi connectivity index (χ0v) is 6.32. The van der Waals surface area contributed by atoms with E-state index in [4.69, 9.17) is 5.11 Å². The summed E-state index contributed by atoms with van der Waals surface area (Å²) in [6.07, 6.45) is 3.78. The monoisotopic (exact) mass is 161 g/mol. The van der Waals surface area contributed by atoms with Gasteiger partial charge in [-0.05, 0) is 6.07 Å². The average molecular weight is 161 g/mol. The predicted molar refractivity (Wildman–Crippen MR) is 43.5 cm³/mol. The Hall–Kier alpha value is -1.82. The summed E-state index contributed by atoms with van der Waals surface area (Å²) in [6.45, 7) is 0. The van der Waals surface area contributed by atoms with Crippen LogP contribution in [-0.2, 0) is 4.79 Å². The van der Waals surface area contributed by atoms with Gasteiger partial charge in [-0.1, -0.05) is 11.8 Å². The van der Waals surface area contributed by atoms with Gasteiger partial charge in [0.25, 0.3) is 0 Å². The molecule has 1 heterocycles. The highest BCUT2D eigenvalue weighted by molar-refractivity contribution is 5.54. The van der Waals surface area contributed by atoms with E-state index in [1.807, 2.05) is 0 Å². The van der Waals surface area contributed by atoms with Crippen LogP contribution in [0, 0.1) is 11.8 Å². The van der Waals surface area contributed by atoms with Crippen molar-refractivity contribution < 1.29 is 9.90 Å². The van der Waals surface area contributed by atoms with Crippen LogP contribution in [0.15, 0.2) is 18.5 Å². The van der Waals surface area contributed by atoms with E-state index < -0.39 is 0 Å². The van der Waals surface area contributed by atoms with E-state index in [2.05, 4.69) is 16.8 Å². The first-order valence-corrected chi connectivity index (χ1v) is 3.39. The normalized spacial score (nSPS) is 8.33. The first kappa shape index (κ1) is 8.28. The first-order valence-electron chi connectivity index (χ1n) is 3.39. The Balaban J connectivity index is 2.77. The van der Waals surface area contributed by atoms with E-state index in [9.17, 15) is 4.79 Å². The molecule has 0 spiro atoms. The van der Waals surface area contributed by atoms with Crippen LogP contribution < -0.4 is 0 Å². The molecule has 1 rings (SSSR count). The van der Waals surface area contributed by atoms with Crippen molar-refractivity contribution in [1.82, 2.24) is 4.98 Å². The number of hydrogen-bond acceptors (Lipinski definition) is 3. The topological polar surface area (TPSA) is 50.2 Å². The average Bonchev–Trinajstić information content (AvgIpc) is 2.05. The molecule has 0 fully saturated rings. The van der Waals surface area contributed by atoms with Gasteiger partial charge in [0.15, 0.2) is 0 Å². The highest BCUT2D eigenvalue weighted by Crippen LogP contribution is 2.06. The van der Waals surface area contributed by atoms with Gasteiger partial charge in [0, 0.05) is 11.8 Å². The van der Waals surface area contributed by atoms with Crippen LogP contribution in [0.2, 0.25) is 0 Å². The molecule has 0 saturated heterocycles. The summed E-state index contributed by atoms with van der Waals surface area (Å²) in [7, 11) is 0. The van der Waals surface area contributed by atoms with Crippen molar-refractivity contribution in [2.75, 3.05) is 0 Å². The van der Waals surface area contributed by atoms with Crippen LogP contribution in [0.3, 0.4) is 0 Å². The van der Waals surface area contributed by atoms with Gasteiger partial charge < -0.3 is 9.90 Å². The second kappa shape index (κ2) is 4.14. The number of carbonyl (C=O) groups is 1. The van der Waals surface area contributed by atoms with Crippen LogP contribution in [0.4, 0.5) is 0 Å². The van der Waals surface area contributed by atoms with E-state index in [-0.39, 0.29) is 12.2 Å². The molecule has 0 atom stereocenters. The number of rotatable bonds is 1. The molecule has 0 radical (unpaired) electrons. The van der Waals surface area contributed by atoms with Crippen molar-refractivity contribution in [3.8, 4) is 17.6 Å². The molecule has 0 aliphatic carbocycles. The SMILES string of the molecule is O=CCC#Cc1cncc(O)c1. The summed E-state index contributed by atoms with van der Waals surface area (Å²) in [6, 6.07) is 1.49. The third kappa shape index (κ3) is 2.43. The maximum Gasteiger partial charge on any atom is 0.135 e. The molecule has 1 N–H and O–H groups in total. The Bertz CT molecular complexity index is 336. The molecule has 0 bridgehead atoms. The van der Waals surface area contributed by atoms with E-state index in [0.29, 0.717) is 5.56 Å². The summed E-state index contributed by atoms with van der Waals surface area (Å²) in [4.78, 5) is 13.6. The van der Waals surface area contributed by atoms with Crippen LogP contribution >= 0.6 is 0 Å². The number of aldehydes is 1. The van der Waals surface area contributed by atoms with Crippen LogP contribution in [0.1, 0.15) is 12.0 Å². The Morgan fingerprint density at radius 3 is 3.08 bits per heavy atom. The molecular formula is C9H7NO2. The Morgan fingerprint density at radius 1 is 1.58 bits per heavy atom. The molecular weight excluding hydrogens is 154 g/mol. The van der Waals surface area contributed by atoms with Crippen molar-refractivity contribution in [2.45, 2.75) is 6.42 Å². The molecule has 60 valence electrons. The molecule has 1 aromatic rings. The number of pyridine rings is 1. The van der Waals surface area contributed by atoms with E-state index in [1.54, 1.807) is 0 Å². The van der Waals surface area contributed by atoms with Gasteiger partial charge in [-0.3, -0.25) is 4.98 Å². The fourth-order valence-electron chi connectivity index (χ4n) is 0.691. The highest BCUT2D eigenvalue weighted by Gasteiger charge is 1.88. The molecule has 3 nitrogen and oxygen atoms in total.